The largest absolute Gasteiger partial charge is 0.497 e. The number of anilines is 1. The fourth-order valence-corrected chi connectivity index (χ4v) is 5.68. The number of carbonyl (C=O) groups is 3. The quantitative estimate of drug-likeness (QED) is 0.557. The van der Waals surface area contributed by atoms with Crippen LogP contribution in [-0.2, 0) is 19.1 Å². The molecule has 3 aliphatic heterocycles. The van der Waals surface area contributed by atoms with E-state index in [1.807, 2.05) is 36.4 Å². The van der Waals surface area contributed by atoms with Crippen molar-refractivity contribution < 1.29 is 38.4 Å². The SMILES string of the molecule is COc1ccc2c(c1)[C@H](c1cccc3c1OCCO3)O[C@@H](CC(=O)N1CCC(C(=O)O)CC1)C(=O)N2CC(C)(C)C. The van der Waals surface area contributed by atoms with E-state index < -0.39 is 24.1 Å². The molecule has 3 aliphatic rings. The molecule has 1 N–H and O–H groups in total. The Labute approximate surface area is 240 Å². The van der Waals surface area contributed by atoms with Crippen LogP contribution in [0.3, 0.4) is 0 Å². The Hall–Kier alpha value is -3.79. The van der Waals surface area contributed by atoms with Gasteiger partial charge in [-0.25, -0.2) is 0 Å². The van der Waals surface area contributed by atoms with Crippen LogP contribution < -0.4 is 19.1 Å². The summed E-state index contributed by atoms with van der Waals surface area (Å²) in [5.41, 5.74) is 1.86. The van der Waals surface area contributed by atoms with Crippen LogP contribution in [0.5, 0.6) is 17.2 Å². The number of fused-ring (bicyclic) bond motifs is 2. The smallest absolute Gasteiger partial charge is 0.306 e. The molecule has 10 heteroatoms. The van der Waals surface area contributed by atoms with Crippen molar-refractivity contribution in [2.24, 2.45) is 11.3 Å². The average Bonchev–Trinajstić information content (AvgIpc) is 3.06. The van der Waals surface area contributed by atoms with Gasteiger partial charge in [-0.15, -0.1) is 0 Å². The molecule has 0 unspecified atom stereocenters. The summed E-state index contributed by atoms with van der Waals surface area (Å²) >= 11 is 0. The normalized spacial score (nSPS) is 21.2. The summed E-state index contributed by atoms with van der Waals surface area (Å²) in [6.45, 7) is 8.04. The van der Waals surface area contributed by atoms with Gasteiger partial charge in [-0.05, 0) is 42.5 Å². The van der Waals surface area contributed by atoms with Gasteiger partial charge in [0.05, 0.1) is 25.1 Å². The molecular formula is C31H38N2O8. The highest BCUT2D eigenvalue weighted by atomic mass is 16.6. The third-order valence-electron chi connectivity index (χ3n) is 7.72. The van der Waals surface area contributed by atoms with Crippen LogP contribution >= 0.6 is 0 Å². The molecule has 2 aromatic carbocycles. The summed E-state index contributed by atoms with van der Waals surface area (Å²) < 4.78 is 24.1. The van der Waals surface area contributed by atoms with E-state index in [2.05, 4.69) is 20.8 Å². The molecule has 0 radical (unpaired) electrons. The van der Waals surface area contributed by atoms with Crippen molar-refractivity contribution in [1.82, 2.24) is 4.90 Å². The van der Waals surface area contributed by atoms with Gasteiger partial charge in [0, 0.05) is 30.8 Å². The molecule has 220 valence electrons. The molecule has 3 heterocycles. The monoisotopic (exact) mass is 566 g/mol. The first-order valence-corrected chi connectivity index (χ1v) is 14.1. The minimum Gasteiger partial charge on any atom is -0.497 e. The number of likely N-dealkylation sites (tertiary alicyclic amines) is 1. The number of methoxy groups -OCH3 is 1. The number of rotatable bonds is 6. The number of para-hydroxylation sites is 1. The summed E-state index contributed by atoms with van der Waals surface area (Å²) in [5, 5.41) is 9.36. The van der Waals surface area contributed by atoms with Gasteiger partial charge in [-0.3, -0.25) is 14.4 Å². The Morgan fingerprint density at radius 2 is 1.78 bits per heavy atom. The third-order valence-corrected chi connectivity index (χ3v) is 7.72. The highest BCUT2D eigenvalue weighted by Crippen LogP contribution is 2.46. The molecular weight excluding hydrogens is 528 g/mol. The van der Waals surface area contributed by atoms with Gasteiger partial charge in [0.2, 0.25) is 5.91 Å². The summed E-state index contributed by atoms with van der Waals surface area (Å²) in [7, 11) is 1.59. The number of benzene rings is 2. The van der Waals surface area contributed by atoms with Gasteiger partial charge in [0.15, 0.2) is 11.5 Å². The first-order chi connectivity index (χ1) is 19.6. The fourth-order valence-electron chi connectivity index (χ4n) is 5.68. The van der Waals surface area contributed by atoms with Crippen molar-refractivity contribution >= 4 is 23.5 Å². The standard InChI is InChI=1S/C31H38N2O8/c1-31(2,3)18-33-23-9-8-20(38-4)16-22(23)27(21-6-5-7-24-28(21)40-15-14-39-24)41-25(29(33)35)17-26(34)32-12-10-19(11-13-32)30(36)37/h5-9,16,19,25,27H,10-15,17-18H2,1-4H3,(H,36,37)/t25-,27-/m0/s1. The Morgan fingerprint density at radius 1 is 1.05 bits per heavy atom. The van der Waals surface area contributed by atoms with Gasteiger partial charge in [0.1, 0.15) is 31.2 Å². The van der Waals surface area contributed by atoms with Crippen molar-refractivity contribution in [3.8, 4) is 17.2 Å². The lowest BCUT2D eigenvalue weighted by atomic mass is 9.93. The number of carboxylic acid groups (broad SMARTS) is 1. The number of hydrogen-bond acceptors (Lipinski definition) is 7. The molecule has 2 atom stereocenters. The number of ether oxygens (including phenoxy) is 4. The van der Waals surface area contributed by atoms with E-state index in [-0.39, 0.29) is 23.7 Å². The second-order valence-corrected chi connectivity index (χ2v) is 12.0. The van der Waals surface area contributed by atoms with Gasteiger partial charge in [0.25, 0.3) is 5.91 Å². The molecule has 1 fully saturated rings. The van der Waals surface area contributed by atoms with Crippen LogP contribution in [0.4, 0.5) is 5.69 Å². The van der Waals surface area contributed by atoms with Crippen molar-refractivity contribution in [2.75, 3.05) is 44.9 Å². The number of hydrogen-bond donors (Lipinski definition) is 1. The molecule has 0 saturated carbocycles. The minimum absolute atomic E-state index is 0.161. The first kappa shape index (κ1) is 28.7. The van der Waals surface area contributed by atoms with Crippen LogP contribution in [0.15, 0.2) is 36.4 Å². The number of amides is 2. The van der Waals surface area contributed by atoms with Gasteiger partial charge in [-0.1, -0.05) is 32.9 Å². The van der Waals surface area contributed by atoms with Gasteiger partial charge in [-0.2, -0.15) is 0 Å². The second-order valence-electron chi connectivity index (χ2n) is 12.0. The number of piperidine rings is 1. The Bertz CT molecular complexity index is 1310. The van der Waals surface area contributed by atoms with E-state index in [9.17, 15) is 19.5 Å². The molecule has 41 heavy (non-hydrogen) atoms. The molecule has 2 amide bonds. The van der Waals surface area contributed by atoms with E-state index in [0.29, 0.717) is 74.2 Å². The average molecular weight is 567 g/mol. The molecule has 0 aliphatic carbocycles. The molecule has 0 spiro atoms. The summed E-state index contributed by atoms with van der Waals surface area (Å²) in [5.74, 6) is -0.0845. The van der Waals surface area contributed by atoms with Gasteiger partial charge < -0.3 is 33.9 Å². The molecule has 10 nitrogen and oxygen atoms in total. The van der Waals surface area contributed by atoms with Crippen LogP contribution in [0.2, 0.25) is 0 Å². The maximum atomic E-state index is 14.2. The zero-order chi connectivity index (χ0) is 29.3. The Morgan fingerprint density at radius 3 is 2.46 bits per heavy atom. The molecule has 5 rings (SSSR count). The second kappa shape index (κ2) is 11.6. The maximum absolute atomic E-state index is 14.2. The van der Waals surface area contributed by atoms with Crippen molar-refractivity contribution in [3.63, 3.8) is 0 Å². The van der Waals surface area contributed by atoms with Gasteiger partial charge >= 0.3 is 5.97 Å². The number of carbonyl (C=O) groups excluding carboxylic acids is 2. The van der Waals surface area contributed by atoms with Crippen molar-refractivity contribution in [1.29, 1.82) is 0 Å². The summed E-state index contributed by atoms with van der Waals surface area (Å²) in [6.07, 6.45) is -1.21. The lowest BCUT2D eigenvalue weighted by Crippen LogP contribution is -2.47. The lowest BCUT2D eigenvalue weighted by Gasteiger charge is -2.33. The predicted molar refractivity (Wildman–Crippen MR) is 151 cm³/mol. The third kappa shape index (κ3) is 6.12. The summed E-state index contributed by atoms with van der Waals surface area (Å²) in [4.78, 5) is 42.5. The van der Waals surface area contributed by atoms with Crippen molar-refractivity contribution in [2.45, 2.75) is 52.2 Å². The zero-order valence-electron chi connectivity index (χ0n) is 24.1. The minimum atomic E-state index is -1.08. The van der Waals surface area contributed by atoms with Crippen LogP contribution in [0, 0.1) is 11.3 Å². The van der Waals surface area contributed by atoms with E-state index in [4.69, 9.17) is 18.9 Å². The molecule has 0 bridgehead atoms. The Kier molecular flexibility index (Phi) is 8.13. The number of carboxylic acids is 1. The maximum Gasteiger partial charge on any atom is 0.306 e. The Balaban J connectivity index is 1.55. The highest BCUT2D eigenvalue weighted by Gasteiger charge is 2.41. The fraction of sp³-hybridized carbons (Fsp3) is 0.516. The molecule has 0 aromatic heterocycles. The number of nitrogens with zero attached hydrogens (tertiary/aromatic N) is 2. The molecule has 1 saturated heterocycles. The lowest BCUT2D eigenvalue weighted by molar-refractivity contribution is -0.148. The zero-order valence-corrected chi connectivity index (χ0v) is 24.1. The van der Waals surface area contributed by atoms with E-state index in [0.717, 1.165) is 5.56 Å². The predicted octanol–water partition coefficient (Wildman–Crippen LogP) is 4.05. The van der Waals surface area contributed by atoms with Crippen LogP contribution in [0.1, 0.15) is 57.3 Å². The van der Waals surface area contributed by atoms with Crippen LogP contribution in [-0.4, -0.2) is 73.9 Å². The number of aliphatic carboxylic acids is 1. The van der Waals surface area contributed by atoms with E-state index >= 15 is 0 Å². The topological polar surface area (TPSA) is 115 Å². The summed E-state index contributed by atoms with van der Waals surface area (Å²) in [6, 6.07) is 11.1. The molecule has 2 aromatic rings. The first-order valence-electron chi connectivity index (χ1n) is 14.1. The van der Waals surface area contributed by atoms with E-state index in [1.165, 1.54) is 0 Å². The van der Waals surface area contributed by atoms with Crippen LogP contribution in [0.25, 0.3) is 0 Å². The highest BCUT2D eigenvalue weighted by molar-refractivity contribution is 6.00. The van der Waals surface area contributed by atoms with E-state index in [1.54, 1.807) is 16.9 Å². The van der Waals surface area contributed by atoms with Crippen molar-refractivity contribution in [3.05, 3.63) is 47.5 Å².